The Morgan fingerprint density at radius 2 is 2.05 bits per heavy atom. The van der Waals surface area contributed by atoms with Gasteiger partial charge >= 0.3 is 5.97 Å². The molecule has 1 aromatic carbocycles. The summed E-state index contributed by atoms with van der Waals surface area (Å²) in [6.07, 6.45) is 0. The second-order valence-electron chi connectivity index (χ2n) is 4.72. The lowest BCUT2D eigenvalue weighted by Crippen LogP contribution is -2.28. The topological polar surface area (TPSA) is 62.2 Å². The molecule has 0 amide bonds. The van der Waals surface area contributed by atoms with Crippen LogP contribution in [0.3, 0.4) is 0 Å². The van der Waals surface area contributed by atoms with E-state index in [2.05, 4.69) is 10.3 Å². The highest BCUT2D eigenvalue weighted by Gasteiger charge is 2.32. The summed E-state index contributed by atoms with van der Waals surface area (Å²) in [7, 11) is 0. The second-order valence-corrected chi connectivity index (χ2v) is 5.58. The molecule has 4 nitrogen and oxygen atoms in total. The highest BCUT2D eigenvalue weighted by molar-refractivity contribution is 7.13. The number of nitrogens with zero attached hydrogens (tertiary/aromatic N) is 1. The molecule has 0 atom stereocenters. The van der Waals surface area contributed by atoms with E-state index in [1.54, 1.807) is 19.2 Å². The van der Waals surface area contributed by atoms with Crippen molar-refractivity contribution >= 4 is 28.1 Å². The number of rotatable bonds is 4. The van der Waals surface area contributed by atoms with Gasteiger partial charge in [-0.25, -0.2) is 13.8 Å². The number of benzene rings is 1. The molecular weight excluding hydrogens is 286 g/mol. The smallest absolute Gasteiger partial charge is 0.315 e. The van der Waals surface area contributed by atoms with Crippen molar-refractivity contribution in [1.82, 2.24) is 4.98 Å². The molecule has 0 aliphatic heterocycles. The third-order valence-electron chi connectivity index (χ3n) is 2.85. The number of hydrogen-bond acceptors (Lipinski definition) is 4. The van der Waals surface area contributed by atoms with Crippen molar-refractivity contribution in [3.8, 4) is 0 Å². The zero-order valence-corrected chi connectivity index (χ0v) is 11.6. The minimum Gasteiger partial charge on any atom is -0.481 e. The molecule has 1 heterocycles. The molecule has 0 unspecified atom stereocenters. The Kier molecular flexibility index (Phi) is 3.71. The quantitative estimate of drug-likeness (QED) is 0.906. The van der Waals surface area contributed by atoms with Crippen LogP contribution >= 0.6 is 11.3 Å². The first-order chi connectivity index (χ1) is 9.30. The van der Waals surface area contributed by atoms with Crippen LogP contribution < -0.4 is 5.32 Å². The van der Waals surface area contributed by atoms with E-state index >= 15 is 0 Å². The fraction of sp³-hybridized carbons (Fsp3) is 0.231. The number of aliphatic carboxylic acids is 1. The van der Waals surface area contributed by atoms with Crippen LogP contribution in [0.15, 0.2) is 23.6 Å². The Morgan fingerprint density at radius 3 is 2.65 bits per heavy atom. The Hall–Kier alpha value is -2.02. The Balaban J connectivity index is 2.21. The summed E-state index contributed by atoms with van der Waals surface area (Å²) in [5, 5.41) is 14.0. The Morgan fingerprint density at radius 1 is 1.35 bits per heavy atom. The predicted octanol–water partition coefficient (Wildman–Crippen LogP) is 3.53. The summed E-state index contributed by atoms with van der Waals surface area (Å²) >= 11 is 1.20. The molecule has 0 fully saturated rings. The Labute approximate surface area is 118 Å². The number of halogens is 2. The van der Waals surface area contributed by atoms with Gasteiger partial charge in [0.05, 0.1) is 5.69 Å². The zero-order chi connectivity index (χ0) is 14.9. The van der Waals surface area contributed by atoms with Gasteiger partial charge in [0.1, 0.15) is 5.41 Å². The third-order valence-corrected chi connectivity index (χ3v) is 3.61. The van der Waals surface area contributed by atoms with Crippen LogP contribution in [0.5, 0.6) is 0 Å². The van der Waals surface area contributed by atoms with E-state index in [0.717, 1.165) is 12.1 Å². The molecule has 0 aliphatic rings. The van der Waals surface area contributed by atoms with Crippen LogP contribution in [0, 0.1) is 11.6 Å². The normalized spacial score (nSPS) is 11.4. The SMILES string of the molecule is CC(C)(C(=O)O)c1csc(Nc2ccc(F)c(F)c2)n1. The van der Waals surface area contributed by atoms with Gasteiger partial charge in [-0.1, -0.05) is 0 Å². The van der Waals surface area contributed by atoms with Gasteiger partial charge in [-0.15, -0.1) is 11.3 Å². The average Bonchev–Trinajstić information content (AvgIpc) is 2.83. The summed E-state index contributed by atoms with van der Waals surface area (Å²) in [5.74, 6) is -2.87. The van der Waals surface area contributed by atoms with E-state index in [-0.39, 0.29) is 0 Å². The summed E-state index contributed by atoms with van der Waals surface area (Å²) in [4.78, 5) is 15.3. The molecule has 20 heavy (non-hydrogen) atoms. The highest BCUT2D eigenvalue weighted by Crippen LogP contribution is 2.29. The van der Waals surface area contributed by atoms with Crippen molar-refractivity contribution in [1.29, 1.82) is 0 Å². The number of carbonyl (C=O) groups is 1. The number of anilines is 2. The fourth-order valence-corrected chi connectivity index (χ4v) is 2.32. The van der Waals surface area contributed by atoms with E-state index in [1.165, 1.54) is 17.4 Å². The van der Waals surface area contributed by atoms with Crippen LogP contribution in [0.4, 0.5) is 19.6 Å². The molecule has 0 bridgehead atoms. The minimum atomic E-state index is -1.11. The predicted molar refractivity (Wildman–Crippen MR) is 72.4 cm³/mol. The van der Waals surface area contributed by atoms with Gasteiger partial charge in [0, 0.05) is 17.1 Å². The molecule has 0 radical (unpaired) electrons. The number of aromatic nitrogens is 1. The van der Waals surface area contributed by atoms with Gasteiger partial charge in [0.25, 0.3) is 0 Å². The molecule has 2 N–H and O–H groups in total. The van der Waals surface area contributed by atoms with Crippen molar-refractivity contribution in [2.24, 2.45) is 0 Å². The van der Waals surface area contributed by atoms with Crippen molar-refractivity contribution in [2.75, 3.05) is 5.32 Å². The first kappa shape index (κ1) is 14.4. The van der Waals surface area contributed by atoms with Crippen LogP contribution in [0.2, 0.25) is 0 Å². The zero-order valence-electron chi connectivity index (χ0n) is 10.8. The van der Waals surface area contributed by atoms with Gasteiger partial charge in [-0.05, 0) is 26.0 Å². The van der Waals surface area contributed by atoms with Crippen molar-refractivity contribution in [2.45, 2.75) is 19.3 Å². The van der Waals surface area contributed by atoms with Gasteiger partial charge in [0.2, 0.25) is 0 Å². The largest absolute Gasteiger partial charge is 0.481 e. The average molecular weight is 298 g/mol. The van der Waals surface area contributed by atoms with Crippen molar-refractivity contribution in [3.05, 3.63) is 40.9 Å². The molecule has 2 rings (SSSR count). The van der Waals surface area contributed by atoms with E-state index in [4.69, 9.17) is 5.11 Å². The lowest BCUT2D eigenvalue weighted by Gasteiger charge is -2.15. The van der Waals surface area contributed by atoms with E-state index in [1.807, 2.05) is 0 Å². The summed E-state index contributed by atoms with van der Waals surface area (Å²) in [5.41, 5.74) is -0.359. The van der Waals surface area contributed by atoms with Crippen LogP contribution in [-0.2, 0) is 10.2 Å². The van der Waals surface area contributed by atoms with E-state index < -0.39 is 23.0 Å². The lowest BCUT2D eigenvalue weighted by molar-refractivity contribution is -0.142. The fourth-order valence-electron chi connectivity index (χ4n) is 1.43. The van der Waals surface area contributed by atoms with Gasteiger partial charge in [0.15, 0.2) is 16.8 Å². The summed E-state index contributed by atoms with van der Waals surface area (Å²) < 4.78 is 25.9. The second kappa shape index (κ2) is 5.16. The number of thiazole rings is 1. The standard InChI is InChI=1S/C13H12F2N2O2S/c1-13(2,11(18)19)10-6-20-12(17-10)16-7-3-4-8(14)9(15)5-7/h3-6H,1-2H3,(H,16,17)(H,18,19). The number of carboxylic acid groups (broad SMARTS) is 1. The number of carboxylic acids is 1. The summed E-state index contributed by atoms with van der Waals surface area (Å²) in [6.45, 7) is 3.09. The minimum absolute atomic E-state index is 0.345. The first-order valence-electron chi connectivity index (χ1n) is 5.72. The number of hydrogen-bond donors (Lipinski definition) is 2. The molecule has 106 valence electrons. The van der Waals surface area contributed by atoms with E-state index in [9.17, 15) is 13.6 Å². The van der Waals surface area contributed by atoms with Gasteiger partial charge in [-0.3, -0.25) is 4.79 Å². The molecule has 0 spiro atoms. The van der Waals surface area contributed by atoms with Gasteiger partial charge < -0.3 is 10.4 Å². The molecular formula is C13H12F2N2O2S. The molecule has 7 heteroatoms. The lowest BCUT2D eigenvalue weighted by atomic mass is 9.90. The first-order valence-corrected chi connectivity index (χ1v) is 6.60. The number of nitrogens with one attached hydrogen (secondary N) is 1. The maximum absolute atomic E-state index is 13.1. The highest BCUT2D eigenvalue weighted by atomic mass is 32.1. The van der Waals surface area contributed by atoms with Crippen molar-refractivity contribution < 1.29 is 18.7 Å². The Bertz CT molecular complexity index is 656. The van der Waals surface area contributed by atoms with Crippen LogP contribution in [0.1, 0.15) is 19.5 Å². The molecule has 0 saturated heterocycles. The monoisotopic (exact) mass is 298 g/mol. The maximum Gasteiger partial charge on any atom is 0.315 e. The molecule has 0 saturated carbocycles. The maximum atomic E-state index is 13.1. The molecule has 2 aromatic rings. The van der Waals surface area contributed by atoms with E-state index in [0.29, 0.717) is 16.5 Å². The molecule has 1 aromatic heterocycles. The van der Waals surface area contributed by atoms with Crippen molar-refractivity contribution in [3.63, 3.8) is 0 Å². The van der Waals surface area contributed by atoms with Crippen LogP contribution in [-0.4, -0.2) is 16.1 Å². The van der Waals surface area contributed by atoms with Crippen LogP contribution in [0.25, 0.3) is 0 Å². The molecule has 0 aliphatic carbocycles. The van der Waals surface area contributed by atoms with Gasteiger partial charge in [-0.2, -0.15) is 0 Å². The summed E-state index contributed by atoms with van der Waals surface area (Å²) in [6, 6.07) is 3.40. The third kappa shape index (κ3) is 2.77.